The van der Waals surface area contributed by atoms with Gasteiger partial charge in [-0.2, -0.15) is 0 Å². The molecule has 3 aromatic rings. The van der Waals surface area contributed by atoms with Gasteiger partial charge in [0.1, 0.15) is 17.4 Å². The molecular weight excluding hydrogens is 368 g/mol. The van der Waals surface area contributed by atoms with Crippen LogP contribution >= 0.6 is 0 Å². The van der Waals surface area contributed by atoms with Crippen LogP contribution in [-0.4, -0.2) is 32.6 Å². The molecule has 0 N–H and O–H groups in total. The third kappa shape index (κ3) is 4.82. The van der Waals surface area contributed by atoms with Gasteiger partial charge < -0.3 is 14.2 Å². The number of carbonyl (C=O) groups is 2. The smallest absolute Gasteiger partial charge is 0.318 e. The highest BCUT2D eigenvalue weighted by molar-refractivity contribution is 6.00. The van der Waals surface area contributed by atoms with Crippen LogP contribution in [0.1, 0.15) is 27.4 Å². The van der Waals surface area contributed by atoms with Crippen LogP contribution in [0.3, 0.4) is 0 Å². The predicted octanol–water partition coefficient (Wildman–Crippen LogP) is 4.26. The van der Waals surface area contributed by atoms with E-state index in [-0.39, 0.29) is 12.4 Å². The summed E-state index contributed by atoms with van der Waals surface area (Å²) in [6.45, 7) is -0.377. The van der Waals surface area contributed by atoms with Gasteiger partial charge in [0.25, 0.3) is 0 Å². The van der Waals surface area contributed by atoms with Crippen LogP contribution in [0.25, 0.3) is 0 Å². The van der Waals surface area contributed by atoms with Crippen molar-refractivity contribution in [2.45, 2.75) is 5.92 Å². The first-order valence-electron chi connectivity index (χ1n) is 9.15. The number of ketones is 1. The first-order chi connectivity index (χ1) is 14.1. The number of ether oxygens (including phenoxy) is 3. The van der Waals surface area contributed by atoms with E-state index >= 15 is 0 Å². The second-order valence-electron chi connectivity index (χ2n) is 6.35. The summed E-state index contributed by atoms with van der Waals surface area (Å²) < 4.78 is 15.8. The lowest BCUT2D eigenvalue weighted by Crippen LogP contribution is -2.21. The van der Waals surface area contributed by atoms with E-state index in [1.54, 1.807) is 18.2 Å². The zero-order chi connectivity index (χ0) is 20.6. The summed E-state index contributed by atoms with van der Waals surface area (Å²) in [5.41, 5.74) is 1.94. The first kappa shape index (κ1) is 20.1. The van der Waals surface area contributed by atoms with E-state index in [1.807, 2.05) is 60.7 Å². The molecule has 29 heavy (non-hydrogen) atoms. The minimum Gasteiger partial charge on any atom is -0.497 e. The van der Waals surface area contributed by atoms with Gasteiger partial charge in [-0.1, -0.05) is 60.7 Å². The highest BCUT2D eigenvalue weighted by Gasteiger charge is 2.25. The van der Waals surface area contributed by atoms with E-state index in [0.717, 1.165) is 11.1 Å². The summed E-state index contributed by atoms with van der Waals surface area (Å²) in [5.74, 6) is -0.499. The molecular formula is C24H22O5. The van der Waals surface area contributed by atoms with E-state index in [0.29, 0.717) is 17.1 Å². The van der Waals surface area contributed by atoms with Crippen LogP contribution in [0.2, 0.25) is 0 Å². The summed E-state index contributed by atoms with van der Waals surface area (Å²) in [6.07, 6.45) is 0. The van der Waals surface area contributed by atoms with E-state index in [1.165, 1.54) is 14.2 Å². The van der Waals surface area contributed by atoms with Gasteiger partial charge in [0, 0.05) is 6.07 Å². The molecule has 148 valence electrons. The largest absolute Gasteiger partial charge is 0.497 e. The van der Waals surface area contributed by atoms with Crippen molar-refractivity contribution in [2.75, 3.05) is 20.8 Å². The Labute approximate surface area is 169 Å². The molecule has 0 aliphatic carbocycles. The molecule has 5 nitrogen and oxygen atoms in total. The maximum atomic E-state index is 12.9. The van der Waals surface area contributed by atoms with E-state index in [9.17, 15) is 9.59 Å². The molecule has 0 spiro atoms. The van der Waals surface area contributed by atoms with Gasteiger partial charge in [-0.05, 0) is 23.3 Å². The van der Waals surface area contributed by atoms with Crippen molar-refractivity contribution in [1.82, 2.24) is 0 Å². The topological polar surface area (TPSA) is 61.8 Å². The molecule has 0 aromatic heterocycles. The summed E-state index contributed by atoms with van der Waals surface area (Å²) >= 11 is 0. The summed E-state index contributed by atoms with van der Waals surface area (Å²) in [5, 5.41) is 0. The van der Waals surface area contributed by atoms with Crippen molar-refractivity contribution >= 4 is 11.8 Å². The monoisotopic (exact) mass is 390 g/mol. The normalized spacial score (nSPS) is 10.4. The van der Waals surface area contributed by atoms with Crippen molar-refractivity contribution in [3.63, 3.8) is 0 Å². The minimum absolute atomic E-state index is 0.331. The first-order valence-corrected chi connectivity index (χ1v) is 9.15. The summed E-state index contributed by atoms with van der Waals surface area (Å²) in [6, 6.07) is 23.6. The van der Waals surface area contributed by atoms with E-state index in [4.69, 9.17) is 14.2 Å². The third-order valence-electron chi connectivity index (χ3n) is 4.56. The van der Waals surface area contributed by atoms with Gasteiger partial charge in [-0.15, -0.1) is 0 Å². The zero-order valence-electron chi connectivity index (χ0n) is 16.3. The fourth-order valence-electron chi connectivity index (χ4n) is 3.08. The number of Topliss-reactive ketones (excluding diaryl/α,β-unsaturated/α-hetero) is 1. The fraction of sp³-hybridized carbons (Fsp3) is 0.167. The second-order valence-corrected chi connectivity index (χ2v) is 6.35. The number of hydrogen-bond acceptors (Lipinski definition) is 5. The van der Waals surface area contributed by atoms with Gasteiger partial charge in [-0.25, -0.2) is 0 Å². The highest BCUT2D eigenvalue weighted by atomic mass is 16.5. The standard InChI is InChI=1S/C24H22O5/c1-27-19-13-14-20(22(15-19)28-2)21(25)16-29-24(26)23(17-9-5-3-6-10-17)18-11-7-4-8-12-18/h3-15,23H,16H2,1-2H3. The minimum atomic E-state index is -0.608. The third-order valence-corrected chi connectivity index (χ3v) is 4.56. The molecule has 0 unspecified atom stereocenters. The van der Waals surface area contributed by atoms with Gasteiger partial charge in [-0.3, -0.25) is 9.59 Å². The average molecular weight is 390 g/mol. The molecule has 0 atom stereocenters. The quantitative estimate of drug-likeness (QED) is 0.425. The maximum absolute atomic E-state index is 12.9. The van der Waals surface area contributed by atoms with Crippen LogP contribution in [0.4, 0.5) is 0 Å². The SMILES string of the molecule is COc1ccc(C(=O)COC(=O)C(c2ccccc2)c2ccccc2)c(OC)c1. The van der Waals surface area contributed by atoms with Crippen molar-refractivity contribution < 1.29 is 23.8 Å². The Balaban J connectivity index is 1.78. The molecule has 0 amide bonds. The van der Waals surface area contributed by atoms with Crippen molar-refractivity contribution in [3.05, 3.63) is 95.6 Å². The number of benzene rings is 3. The average Bonchev–Trinajstić information content (AvgIpc) is 2.78. The number of hydrogen-bond donors (Lipinski definition) is 0. The number of rotatable bonds is 8. The van der Waals surface area contributed by atoms with Crippen LogP contribution in [0.5, 0.6) is 11.5 Å². The molecule has 3 aromatic carbocycles. The highest BCUT2D eigenvalue weighted by Crippen LogP contribution is 2.27. The Morgan fingerprint density at radius 2 is 1.38 bits per heavy atom. The summed E-state index contributed by atoms with van der Waals surface area (Å²) in [4.78, 5) is 25.5. The second kappa shape index (κ2) is 9.55. The molecule has 3 rings (SSSR count). The predicted molar refractivity (Wildman–Crippen MR) is 110 cm³/mol. The molecule has 0 bridgehead atoms. The number of esters is 1. The van der Waals surface area contributed by atoms with Crippen LogP contribution in [-0.2, 0) is 9.53 Å². The van der Waals surface area contributed by atoms with Gasteiger partial charge in [0.2, 0.25) is 5.78 Å². The lowest BCUT2D eigenvalue weighted by molar-refractivity contribution is -0.143. The van der Waals surface area contributed by atoms with Crippen molar-refractivity contribution in [1.29, 1.82) is 0 Å². The van der Waals surface area contributed by atoms with Crippen molar-refractivity contribution in [3.8, 4) is 11.5 Å². The van der Waals surface area contributed by atoms with Crippen LogP contribution in [0, 0.1) is 0 Å². The molecule has 0 fully saturated rings. The Morgan fingerprint density at radius 1 is 0.793 bits per heavy atom. The molecule has 0 aliphatic rings. The maximum Gasteiger partial charge on any atom is 0.318 e. The molecule has 0 radical (unpaired) electrons. The Kier molecular flexibility index (Phi) is 6.63. The zero-order valence-corrected chi connectivity index (χ0v) is 16.3. The van der Waals surface area contributed by atoms with E-state index < -0.39 is 11.9 Å². The Hall–Kier alpha value is -3.60. The molecule has 5 heteroatoms. The van der Waals surface area contributed by atoms with Gasteiger partial charge in [0.05, 0.1) is 19.8 Å². The molecule has 0 aliphatic heterocycles. The lowest BCUT2D eigenvalue weighted by Gasteiger charge is -2.17. The van der Waals surface area contributed by atoms with Crippen LogP contribution < -0.4 is 9.47 Å². The summed E-state index contributed by atoms with van der Waals surface area (Å²) in [7, 11) is 3.00. The van der Waals surface area contributed by atoms with Crippen LogP contribution in [0.15, 0.2) is 78.9 Å². The number of carbonyl (C=O) groups excluding carboxylic acids is 2. The fourth-order valence-corrected chi connectivity index (χ4v) is 3.08. The Morgan fingerprint density at radius 3 is 1.90 bits per heavy atom. The van der Waals surface area contributed by atoms with E-state index in [2.05, 4.69) is 0 Å². The van der Waals surface area contributed by atoms with Gasteiger partial charge >= 0.3 is 5.97 Å². The molecule has 0 heterocycles. The Bertz CT molecular complexity index is 928. The molecule has 0 saturated carbocycles. The number of methoxy groups -OCH3 is 2. The lowest BCUT2D eigenvalue weighted by atomic mass is 9.91. The molecule has 0 saturated heterocycles. The van der Waals surface area contributed by atoms with Crippen molar-refractivity contribution in [2.24, 2.45) is 0 Å². The van der Waals surface area contributed by atoms with Gasteiger partial charge in [0.15, 0.2) is 6.61 Å².